The van der Waals surface area contributed by atoms with E-state index in [-0.39, 0.29) is 12.1 Å². The third-order valence-electron chi connectivity index (χ3n) is 3.73. The lowest BCUT2D eigenvalue weighted by Crippen LogP contribution is -2.36. The maximum Gasteiger partial charge on any atom is 0.416 e. The van der Waals surface area contributed by atoms with Crippen LogP contribution in [0.1, 0.15) is 4.88 Å². The molecule has 0 fully saturated rings. The number of aliphatic hydroxyl groups is 1. The lowest BCUT2D eigenvalue weighted by Gasteiger charge is -2.13. The second-order valence-electron chi connectivity index (χ2n) is 5.65. The summed E-state index contributed by atoms with van der Waals surface area (Å²) in [6.45, 7) is -1.03. The third-order valence-corrected chi connectivity index (χ3v) is 4.83. The van der Waals surface area contributed by atoms with Gasteiger partial charge in [-0.15, -0.1) is 11.3 Å². The number of benzene rings is 1. The van der Waals surface area contributed by atoms with Crippen LogP contribution in [0.5, 0.6) is 0 Å². The molecule has 2 heterocycles. The molecule has 0 radical (unpaired) electrons. The van der Waals surface area contributed by atoms with Crippen molar-refractivity contribution in [2.75, 3.05) is 0 Å². The smallest absolute Gasteiger partial charge is 0.382 e. The Morgan fingerprint density at radius 3 is 2.63 bits per heavy atom. The first-order valence-corrected chi connectivity index (χ1v) is 8.38. The van der Waals surface area contributed by atoms with E-state index < -0.39 is 36.1 Å². The second-order valence-corrected chi connectivity index (χ2v) is 6.82. The van der Waals surface area contributed by atoms with E-state index in [4.69, 9.17) is 5.11 Å². The summed E-state index contributed by atoms with van der Waals surface area (Å²) in [6.07, 6.45) is -6.63. The number of aliphatic hydroxyl groups excluding tert-OH is 1. The van der Waals surface area contributed by atoms with E-state index in [1.165, 1.54) is 12.1 Å². The summed E-state index contributed by atoms with van der Waals surface area (Å²) in [5.74, 6) is -1.98. The Labute approximate surface area is 152 Å². The van der Waals surface area contributed by atoms with Crippen LogP contribution >= 0.6 is 11.3 Å². The highest BCUT2D eigenvalue weighted by Crippen LogP contribution is 2.31. The predicted molar refractivity (Wildman–Crippen MR) is 87.3 cm³/mol. The van der Waals surface area contributed by atoms with Gasteiger partial charge in [0.05, 0.1) is 13.1 Å². The Morgan fingerprint density at radius 2 is 1.93 bits per heavy atom. The van der Waals surface area contributed by atoms with Crippen LogP contribution in [0.25, 0.3) is 10.4 Å². The number of rotatable bonds is 5. The first-order chi connectivity index (χ1) is 12.7. The van der Waals surface area contributed by atoms with Gasteiger partial charge in [-0.3, -0.25) is 4.57 Å². The molecule has 0 saturated carbocycles. The molecule has 1 aromatic carbocycles. The van der Waals surface area contributed by atoms with Crippen molar-refractivity contribution in [1.29, 1.82) is 0 Å². The summed E-state index contributed by atoms with van der Waals surface area (Å²) in [4.78, 5) is 13.1. The van der Waals surface area contributed by atoms with Crippen LogP contribution < -0.4 is 5.69 Å². The molecule has 3 rings (SSSR count). The molecule has 0 aliphatic carbocycles. The summed E-state index contributed by atoms with van der Waals surface area (Å²) in [5, 5.41) is 12.8. The Hall–Kier alpha value is -2.53. The van der Waals surface area contributed by atoms with Gasteiger partial charge in [0.25, 0.3) is 0 Å². The summed E-state index contributed by atoms with van der Waals surface area (Å²) in [7, 11) is 0. The molecule has 0 bridgehead atoms. The van der Waals surface area contributed by atoms with Gasteiger partial charge in [-0.2, -0.15) is 18.3 Å². The monoisotopic (exact) mass is 405 g/mol. The normalized spacial score (nSPS) is 13.1. The fourth-order valence-electron chi connectivity index (χ4n) is 2.34. The minimum absolute atomic E-state index is 0.0600. The van der Waals surface area contributed by atoms with Gasteiger partial charge in [-0.05, 0) is 18.2 Å². The molecule has 5 nitrogen and oxygen atoms in total. The Kier molecular flexibility index (Phi) is 5.16. The fourth-order valence-corrected chi connectivity index (χ4v) is 3.35. The molecule has 1 N–H and O–H groups in total. The highest BCUT2D eigenvalue weighted by molar-refractivity contribution is 7.15. The first kappa shape index (κ1) is 19.2. The molecule has 0 aliphatic rings. The minimum Gasteiger partial charge on any atom is -0.382 e. The zero-order chi connectivity index (χ0) is 19.8. The van der Waals surface area contributed by atoms with Crippen molar-refractivity contribution in [3.63, 3.8) is 0 Å². The van der Waals surface area contributed by atoms with Gasteiger partial charge in [-0.25, -0.2) is 18.3 Å². The maximum atomic E-state index is 13.9. The molecule has 3 aromatic rings. The highest BCUT2D eigenvalue weighted by atomic mass is 32.1. The van der Waals surface area contributed by atoms with Crippen molar-refractivity contribution < 1.29 is 27.1 Å². The average molecular weight is 405 g/mol. The second kappa shape index (κ2) is 7.24. The number of nitrogens with zero attached hydrogens (tertiary/aromatic N) is 3. The molecule has 2 aromatic heterocycles. The molecule has 0 amide bonds. The van der Waals surface area contributed by atoms with Gasteiger partial charge in [0.15, 0.2) is 17.7 Å². The summed E-state index contributed by atoms with van der Waals surface area (Å²) < 4.78 is 65.9. The van der Waals surface area contributed by atoms with Crippen molar-refractivity contribution in [3.05, 3.63) is 63.7 Å². The summed E-state index contributed by atoms with van der Waals surface area (Å²) in [6, 6.07) is 6.90. The molecule has 0 aliphatic heterocycles. The average Bonchev–Trinajstić information content (AvgIpc) is 3.19. The predicted octanol–water partition coefficient (Wildman–Crippen LogP) is 3.02. The highest BCUT2D eigenvalue weighted by Gasteiger charge is 2.38. The van der Waals surface area contributed by atoms with Gasteiger partial charge in [0.1, 0.15) is 6.33 Å². The number of halogens is 5. The van der Waals surface area contributed by atoms with Crippen molar-refractivity contribution in [2.24, 2.45) is 0 Å². The van der Waals surface area contributed by atoms with Gasteiger partial charge in [0.2, 0.25) is 0 Å². The molecule has 144 valence electrons. The van der Waals surface area contributed by atoms with E-state index in [1.54, 1.807) is 12.1 Å². The molecular weight excluding hydrogens is 393 g/mol. The standard InChI is InChI=1S/C16H12F5N3O2S/c17-11-3-1-2-10(14(11)18)12-5-4-9(27-12)6-24-15(26)23(8-22-24)7-13(25)16(19,20)21/h1-5,8,13,25H,6-7H2/t13-/m0/s1. The lowest BCUT2D eigenvalue weighted by molar-refractivity contribution is -0.207. The van der Waals surface area contributed by atoms with Crippen LogP contribution in [0.15, 0.2) is 41.5 Å². The number of thiophene rings is 1. The van der Waals surface area contributed by atoms with Crippen molar-refractivity contribution in [3.8, 4) is 10.4 Å². The van der Waals surface area contributed by atoms with Crippen LogP contribution in [0.2, 0.25) is 0 Å². The van der Waals surface area contributed by atoms with Crippen molar-refractivity contribution in [1.82, 2.24) is 14.3 Å². The molecule has 11 heteroatoms. The van der Waals surface area contributed by atoms with Gasteiger partial charge < -0.3 is 5.11 Å². The van der Waals surface area contributed by atoms with E-state index in [0.717, 1.165) is 28.4 Å². The number of alkyl halides is 3. The molecule has 0 saturated heterocycles. The summed E-state index contributed by atoms with van der Waals surface area (Å²) in [5.41, 5.74) is -0.761. The Balaban J connectivity index is 1.79. The van der Waals surface area contributed by atoms with Gasteiger partial charge in [-0.1, -0.05) is 12.1 Å². The molecular formula is C16H12F5N3O2S. The van der Waals surface area contributed by atoms with Gasteiger partial charge in [0, 0.05) is 15.3 Å². The SMILES string of the molecule is O=c1n(C[C@H](O)C(F)(F)F)cnn1Cc1ccc(-c2cccc(F)c2F)s1. The van der Waals surface area contributed by atoms with Crippen molar-refractivity contribution >= 4 is 11.3 Å². The zero-order valence-corrected chi connectivity index (χ0v) is 14.3. The zero-order valence-electron chi connectivity index (χ0n) is 13.5. The minimum atomic E-state index is -4.85. The molecule has 0 unspecified atom stereocenters. The Bertz CT molecular complexity index is 1010. The molecule has 27 heavy (non-hydrogen) atoms. The van der Waals surface area contributed by atoms with E-state index in [0.29, 0.717) is 14.3 Å². The van der Waals surface area contributed by atoms with E-state index >= 15 is 0 Å². The largest absolute Gasteiger partial charge is 0.416 e. The van der Waals surface area contributed by atoms with Crippen LogP contribution in [0, 0.1) is 11.6 Å². The number of hydrogen-bond acceptors (Lipinski definition) is 4. The molecule has 1 atom stereocenters. The topological polar surface area (TPSA) is 60.1 Å². The van der Waals surface area contributed by atoms with E-state index in [9.17, 15) is 26.7 Å². The van der Waals surface area contributed by atoms with Crippen LogP contribution in [0.4, 0.5) is 22.0 Å². The molecule has 0 spiro atoms. The van der Waals surface area contributed by atoms with Crippen molar-refractivity contribution in [2.45, 2.75) is 25.4 Å². The van der Waals surface area contributed by atoms with E-state index in [1.807, 2.05) is 0 Å². The van der Waals surface area contributed by atoms with Crippen LogP contribution in [-0.4, -0.2) is 31.7 Å². The third kappa shape index (κ3) is 4.08. The maximum absolute atomic E-state index is 13.9. The Morgan fingerprint density at radius 1 is 1.19 bits per heavy atom. The quantitative estimate of drug-likeness (QED) is 0.664. The number of hydrogen-bond donors (Lipinski definition) is 1. The fraction of sp³-hybridized carbons (Fsp3) is 0.250. The van der Waals surface area contributed by atoms with E-state index in [2.05, 4.69) is 5.10 Å². The number of aromatic nitrogens is 3. The first-order valence-electron chi connectivity index (χ1n) is 7.57. The van der Waals surface area contributed by atoms with Crippen LogP contribution in [-0.2, 0) is 13.1 Å². The summed E-state index contributed by atoms with van der Waals surface area (Å²) >= 11 is 1.09. The van der Waals surface area contributed by atoms with Gasteiger partial charge >= 0.3 is 11.9 Å². The van der Waals surface area contributed by atoms with Crippen LogP contribution in [0.3, 0.4) is 0 Å². The lowest BCUT2D eigenvalue weighted by atomic mass is 10.2.